The molecular formula is C13H15NO. The summed E-state index contributed by atoms with van der Waals surface area (Å²) in [6.07, 6.45) is 3.49. The van der Waals surface area contributed by atoms with Gasteiger partial charge in [0.25, 0.3) is 0 Å². The van der Waals surface area contributed by atoms with Crippen LogP contribution in [0.25, 0.3) is 11.1 Å². The molecule has 0 bridgehead atoms. The topological polar surface area (TPSA) is 25.2 Å². The summed E-state index contributed by atoms with van der Waals surface area (Å²) in [5.41, 5.74) is 3.69. The first-order chi connectivity index (χ1) is 7.42. The van der Waals surface area contributed by atoms with Crippen LogP contribution in [-0.4, -0.2) is 6.54 Å². The Kier molecular flexibility index (Phi) is 3.20. The second-order valence-electron chi connectivity index (χ2n) is 3.45. The van der Waals surface area contributed by atoms with Crippen molar-refractivity contribution in [3.63, 3.8) is 0 Å². The van der Waals surface area contributed by atoms with Crippen molar-refractivity contribution >= 4 is 0 Å². The minimum atomic E-state index is 0.901. The maximum Gasteiger partial charge on any atom is 0.0981 e. The third-order valence-corrected chi connectivity index (χ3v) is 2.41. The summed E-state index contributed by atoms with van der Waals surface area (Å²) in [4.78, 5) is 0. The fourth-order valence-electron chi connectivity index (χ4n) is 1.63. The number of hydrogen-bond donors (Lipinski definition) is 1. The highest BCUT2D eigenvalue weighted by Crippen LogP contribution is 2.23. The largest absolute Gasteiger partial charge is 0.472 e. The predicted molar refractivity (Wildman–Crippen MR) is 61.5 cm³/mol. The van der Waals surface area contributed by atoms with Crippen molar-refractivity contribution < 1.29 is 4.42 Å². The molecule has 0 radical (unpaired) electrons. The van der Waals surface area contributed by atoms with Gasteiger partial charge in [0.2, 0.25) is 0 Å². The highest BCUT2D eigenvalue weighted by Gasteiger charge is 2.04. The molecule has 0 unspecified atom stereocenters. The Labute approximate surface area is 89.9 Å². The van der Waals surface area contributed by atoms with Crippen molar-refractivity contribution in [2.75, 3.05) is 6.54 Å². The Balaban J connectivity index is 2.30. The van der Waals surface area contributed by atoms with E-state index in [4.69, 9.17) is 4.42 Å². The van der Waals surface area contributed by atoms with Crippen molar-refractivity contribution in [1.82, 2.24) is 5.32 Å². The molecule has 2 nitrogen and oxygen atoms in total. The van der Waals surface area contributed by atoms with Gasteiger partial charge in [-0.3, -0.25) is 0 Å². The van der Waals surface area contributed by atoms with Gasteiger partial charge < -0.3 is 9.73 Å². The van der Waals surface area contributed by atoms with Gasteiger partial charge in [-0.25, -0.2) is 0 Å². The van der Waals surface area contributed by atoms with Gasteiger partial charge in [-0.05, 0) is 23.7 Å². The van der Waals surface area contributed by atoms with Crippen molar-refractivity contribution in [1.29, 1.82) is 0 Å². The van der Waals surface area contributed by atoms with Crippen LogP contribution in [-0.2, 0) is 6.54 Å². The van der Waals surface area contributed by atoms with E-state index in [1.807, 2.05) is 6.07 Å². The van der Waals surface area contributed by atoms with Crippen LogP contribution in [0.4, 0.5) is 0 Å². The second-order valence-corrected chi connectivity index (χ2v) is 3.45. The van der Waals surface area contributed by atoms with Crippen molar-refractivity contribution in [2.24, 2.45) is 0 Å². The fraction of sp³-hybridized carbons (Fsp3) is 0.231. The molecule has 1 aromatic carbocycles. The van der Waals surface area contributed by atoms with Gasteiger partial charge >= 0.3 is 0 Å². The highest BCUT2D eigenvalue weighted by molar-refractivity contribution is 5.66. The Hall–Kier alpha value is -1.54. The number of nitrogens with one attached hydrogen (secondary N) is 1. The lowest BCUT2D eigenvalue weighted by Crippen LogP contribution is -2.12. The molecule has 0 atom stereocenters. The predicted octanol–water partition coefficient (Wildman–Crippen LogP) is 3.06. The molecule has 0 spiro atoms. The summed E-state index contributed by atoms with van der Waals surface area (Å²) < 4.78 is 5.11. The van der Waals surface area contributed by atoms with Gasteiger partial charge in [0, 0.05) is 12.1 Å². The molecule has 1 heterocycles. The molecule has 2 heteroatoms. The molecule has 2 aromatic rings. The molecule has 1 N–H and O–H groups in total. The lowest BCUT2D eigenvalue weighted by molar-refractivity contribution is 0.568. The molecule has 0 saturated carbocycles. The molecule has 15 heavy (non-hydrogen) atoms. The van der Waals surface area contributed by atoms with E-state index in [9.17, 15) is 0 Å². The normalized spacial score (nSPS) is 10.5. The minimum Gasteiger partial charge on any atom is -0.472 e. The number of rotatable bonds is 4. The van der Waals surface area contributed by atoms with Crippen molar-refractivity contribution in [3.05, 3.63) is 48.4 Å². The van der Waals surface area contributed by atoms with Crippen LogP contribution in [0.5, 0.6) is 0 Å². The smallest absolute Gasteiger partial charge is 0.0981 e. The van der Waals surface area contributed by atoms with Gasteiger partial charge in [0.15, 0.2) is 0 Å². The zero-order valence-electron chi connectivity index (χ0n) is 8.86. The molecule has 0 fully saturated rings. The molecule has 0 aliphatic heterocycles. The van der Waals surface area contributed by atoms with Crippen molar-refractivity contribution in [3.8, 4) is 11.1 Å². The zero-order chi connectivity index (χ0) is 10.5. The van der Waals surface area contributed by atoms with Gasteiger partial charge in [0.05, 0.1) is 12.5 Å². The van der Waals surface area contributed by atoms with E-state index in [0.29, 0.717) is 0 Å². The van der Waals surface area contributed by atoms with Crippen LogP contribution in [0, 0.1) is 0 Å². The van der Waals surface area contributed by atoms with E-state index in [1.165, 1.54) is 11.1 Å². The monoisotopic (exact) mass is 201 g/mol. The standard InChI is InChI=1S/C13H15NO/c1-2-14-9-11-5-3-4-6-13(11)12-7-8-15-10-12/h3-8,10,14H,2,9H2,1H3. The molecule has 78 valence electrons. The molecule has 0 aliphatic rings. The zero-order valence-corrected chi connectivity index (χ0v) is 8.86. The summed E-state index contributed by atoms with van der Waals surface area (Å²) in [5.74, 6) is 0. The summed E-state index contributed by atoms with van der Waals surface area (Å²) >= 11 is 0. The second kappa shape index (κ2) is 4.80. The third-order valence-electron chi connectivity index (χ3n) is 2.41. The third kappa shape index (κ3) is 2.28. The number of hydrogen-bond acceptors (Lipinski definition) is 2. The van der Waals surface area contributed by atoms with Crippen LogP contribution < -0.4 is 5.32 Å². The molecule has 1 aromatic heterocycles. The van der Waals surface area contributed by atoms with E-state index < -0.39 is 0 Å². The SMILES string of the molecule is CCNCc1ccccc1-c1ccoc1. The van der Waals surface area contributed by atoms with Crippen LogP contribution in [0.3, 0.4) is 0 Å². The Bertz CT molecular complexity index is 406. The first kappa shape index (κ1) is 9.99. The van der Waals surface area contributed by atoms with Crippen LogP contribution in [0.1, 0.15) is 12.5 Å². The van der Waals surface area contributed by atoms with Gasteiger partial charge in [-0.15, -0.1) is 0 Å². The van der Waals surface area contributed by atoms with Gasteiger partial charge in [-0.2, -0.15) is 0 Å². The van der Waals surface area contributed by atoms with E-state index in [1.54, 1.807) is 12.5 Å². The van der Waals surface area contributed by atoms with Crippen molar-refractivity contribution in [2.45, 2.75) is 13.5 Å². The average Bonchev–Trinajstić information content (AvgIpc) is 2.80. The fourth-order valence-corrected chi connectivity index (χ4v) is 1.63. The molecule has 0 saturated heterocycles. The van der Waals surface area contributed by atoms with Gasteiger partial charge in [0.1, 0.15) is 0 Å². The summed E-state index contributed by atoms with van der Waals surface area (Å²) in [6, 6.07) is 10.4. The van der Waals surface area contributed by atoms with E-state index >= 15 is 0 Å². The van der Waals surface area contributed by atoms with E-state index in [-0.39, 0.29) is 0 Å². The van der Waals surface area contributed by atoms with Crippen LogP contribution in [0.2, 0.25) is 0 Å². The van der Waals surface area contributed by atoms with E-state index in [2.05, 4.69) is 36.5 Å². The Morgan fingerprint density at radius 2 is 2.07 bits per heavy atom. The van der Waals surface area contributed by atoms with Crippen LogP contribution >= 0.6 is 0 Å². The Morgan fingerprint density at radius 3 is 2.80 bits per heavy atom. The maximum absolute atomic E-state index is 5.11. The summed E-state index contributed by atoms with van der Waals surface area (Å²) in [6.45, 7) is 4.00. The summed E-state index contributed by atoms with van der Waals surface area (Å²) in [5, 5.41) is 3.34. The lowest BCUT2D eigenvalue weighted by atomic mass is 10.0. The van der Waals surface area contributed by atoms with Crippen LogP contribution in [0.15, 0.2) is 47.3 Å². The molecular weight excluding hydrogens is 186 g/mol. The molecule has 0 aliphatic carbocycles. The minimum absolute atomic E-state index is 0.901. The summed E-state index contributed by atoms with van der Waals surface area (Å²) in [7, 11) is 0. The van der Waals surface area contributed by atoms with E-state index in [0.717, 1.165) is 18.7 Å². The number of furan rings is 1. The first-order valence-electron chi connectivity index (χ1n) is 5.23. The lowest BCUT2D eigenvalue weighted by Gasteiger charge is -2.07. The Morgan fingerprint density at radius 1 is 1.20 bits per heavy atom. The van der Waals surface area contributed by atoms with Gasteiger partial charge in [-0.1, -0.05) is 31.2 Å². The maximum atomic E-state index is 5.11. The molecule has 2 rings (SSSR count). The average molecular weight is 201 g/mol. The number of benzene rings is 1. The first-order valence-corrected chi connectivity index (χ1v) is 5.23. The quantitative estimate of drug-likeness (QED) is 0.822. The molecule has 0 amide bonds. The highest BCUT2D eigenvalue weighted by atomic mass is 16.3.